The molecule has 0 bridgehead atoms. The molecular formula is C30H40ClFN6O4. The molecule has 1 saturated carbocycles. The number of nitrogens with zero attached hydrogens (tertiary/aromatic N) is 4. The molecule has 0 aromatic carbocycles. The van der Waals surface area contributed by atoms with E-state index >= 15 is 0 Å². The molecule has 228 valence electrons. The lowest BCUT2D eigenvalue weighted by Crippen LogP contribution is -2.44. The van der Waals surface area contributed by atoms with Crippen molar-refractivity contribution >= 4 is 29.3 Å². The number of likely N-dealkylation sites (N-methyl/N-ethyl adjacent to an activating group) is 1. The fourth-order valence-electron chi connectivity index (χ4n) is 5.79. The number of carboxylic acids is 1. The number of aromatic nitrogens is 2. The summed E-state index contributed by atoms with van der Waals surface area (Å²) in [5.74, 6) is -1.40. The van der Waals surface area contributed by atoms with Crippen LogP contribution in [0.4, 0.5) is 10.2 Å². The van der Waals surface area contributed by atoms with E-state index in [-0.39, 0.29) is 29.7 Å². The summed E-state index contributed by atoms with van der Waals surface area (Å²) in [6, 6.07) is 3.07. The van der Waals surface area contributed by atoms with Crippen LogP contribution in [-0.4, -0.2) is 95.3 Å². The Labute approximate surface area is 251 Å². The van der Waals surface area contributed by atoms with Crippen LogP contribution in [0.2, 0.25) is 5.02 Å². The third-order valence-electron chi connectivity index (χ3n) is 8.56. The molecule has 1 amide bonds. The van der Waals surface area contributed by atoms with Crippen LogP contribution in [0.3, 0.4) is 0 Å². The average Bonchev–Trinajstić information content (AvgIpc) is 2.95. The van der Waals surface area contributed by atoms with Crippen molar-refractivity contribution in [3.8, 4) is 0 Å². The first kappa shape index (κ1) is 30.6. The average molecular weight is 603 g/mol. The number of carboxylic acid groups (broad SMARTS) is 1. The number of halogens is 2. The molecule has 1 aliphatic carbocycles. The second-order valence-corrected chi connectivity index (χ2v) is 12.1. The number of fused-ring (bicyclic) bond motifs is 1. The lowest BCUT2D eigenvalue weighted by molar-refractivity contribution is -0.140. The van der Waals surface area contributed by atoms with Gasteiger partial charge in [0.05, 0.1) is 28.6 Å². The molecule has 1 atom stereocenters. The molecule has 5 rings (SSSR count). The number of hydrogen-bond donors (Lipinski definition) is 3. The van der Waals surface area contributed by atoms with E-state index in [0.29, 0.717) is 18.2 Å². The first-order chi connectivity index (χ1) is 20.3. The summed E-state index contributed by atoms with van der Waals surface area (Å²) in [6.45, 7) is 4.92. The number of rotatable bonds is 12. The summed E-state index contributed by atoms with van der Waals surface area (Å²) in [6.07, 6.45) is 7.12. The molecule has 2 aromatic rings. The monoisotopic (exact) mass is 602 g/mol. The summed E-state index contributed by atoms with van der Waals surface area (Å²) in [5.41, 5.74) is 2.40. The van der Waals surface area contributed by atoms with Crippen molar-refractivity contribution < 1.29 is 23.8 Å². The van der Waals surface area contributed by atoms with Crippen molar-refractivity contribution in [3.63, 3.8) is 0 Å². The fourth-order valence-corrected chi connectivity index (χ4v) is 6.07. The van der Waals surface area contributed by atoms with Gasteiger partial charge in [0, 0.05) is 58.0 Å². The molecule has 2 aliphatic heterocycles. The van der Waals surface area contributed by atoms with Gasteiger partial charge in [0.15, 0.2) is 5.82 Å². The molecule has 12 heteroatoms. The van der Waals surface area contributed by atoms with Crippen molar-refractivity contribution in [1.82, 2.24) is 25.1 Å². The largest absolute Gasteiger partial charge is 0.480 e. The van der Waals surface area contributed by atoms with Crippen LogP contribution < -0.4 is 10.6 Å². The van der Waals surface area contributed by atoms with E-state index in [4.69, 9.17) is 21.3 Å². The third kappa shape index (κ3) is 7.75. The summed E-state index contributed by atoms with van der Waals surface area (Å²) in [7, 11) is 2.05. The van der Waals surface area contributed by atoms with E-state index < -0.39 is 23.7 Å². The molecule has 2 aromatic heterocycles. The Bertz CT molecular complexity index is 1270. The quantitative estimate of drug-likeness (QED) is 0.336. The molecule has 2 fully saturated rings. The van der Waals surface area contributed by atoms with Gasteiger partial charge in [0.1, 0.15) is 11.9 Å². The maximum atomic E-state index is 14.6. The summed E-state index contributed by atoms with van der Waals surface area (Å²) < 4.78 is 20.6. The summed E-state index contributed by atoms with van der Waals surface area (Å²) in [4.78, 5) is 38.1. The van der Waals surface area contributed by atoms with Crippen molar-refractivity contribution in [2.24, 2.45) is 5.92 Å². The minimum atomic E-state index is -1.23. The van der Waals surface area contributed by atoms with Crippen molar-refractivity contribution in [1.29, 1.82) is 0 Å². The number of aryl methyl sites for hydroxylation is 2. The van der Waals surface area contributed by atoms with Gasteiger partial charge >= 0.3 is 5.97 Å². The minimum Gasteiger partial charge on any atom is -0.480 e. The molecule has 3 aliphatic rings. The predicted molar refractivity (Wildman–Crippen MR) is 157 cm³/mol. The zero-order chi connectivity index (χ0) is 29.6. The lowest BCUT2D eigenvalue weighted by Gasteiger charge is -2.35. The van der Waals surface area contributed by atoms with Crippen molar-refractivity contribution in [2.45, 2.75) is 63.6 Å². The van der Waals surface area contributed by atoms with E-state index in [2.05, 4.69) is 37.6 Å². The van der Waals surface area contributed by atoms with Gasteiger partial charge in [-0.25, -0.2) is 14.2 Å². The second-order valence-electron chi connectivity index (χ2n) is 11.7. The zero-order valence-corrected chi connectivity index (χ0v) is 24.8. The van der Waals surface area contributed by atoms with Crippen LogP contribution in [-0.2, 0) is 28.9 Å². The molecular weight excluding hydrogens is 563 g/mol. The van der Waals surface area contributed by atoms with Gasteiger partial charge < -0.3 is 25.4 Å². The maximum absolute atomic E-state index is 14.6. The number of nitrogens with one attached hydrogen (secondary N) is 2. The molecule has 0 unspecified atom stereocenters. The van der Waals surface area contributed by atoms with Gasteiger partial charge in [-0.1, -0.05) is 17.7 Å². The predicted octanol–water partition coefficient (Wildman–Crippen LogP) is 3.38. The van der Waals surface area contributed by atoms with E-state index in [9.17, 15) is 19.1 Å². The fraction of sp³-hybridized carbons (Fsp3) is 0.600. The number of piperazine rings is 1. The highest BCUT2D eigenvalue weighted by Crippen LogP contribution is 2.34. The normalized spacial score (nSPS) is 21.6. The number of carbonyl (C=O) groups excluding carboxylic acids is 1. The zero-order valence-electron chi connectivity index (χ0n) is 24.1. The smallest absolute Gasteiger partial charge is 0.326 e. The van der Waals surface area contributed by atoms with E-state index in [1.807, 2.05) is 7.05 Å². The highest BCUT2D eigenvalue weighted by atomic mass is 35.5. The number of amides is 1. The number of pyridine rings is 2. The number of ether oxygens (including phenoxy) is 1. The van der Waals surface area contributed by atoms with Gasteiger partial charge in [-0.2, -0.15) is 0 Å². The van der Waals surface area contributed by atoms with E-state index in [0.717, 1.165) is 89.0 Å². The molecule has 42 heavy (non-hydrogen) atoms. The molecule has 0 spiro atoms. The SMILES string of the molecule is CN1CCN(Cc2ncc(F)c(C(=O)N[C@@H](CCO[C@H]3C[C@H](CCc4ccc5c(n4)NCCC5)C3)C(=O)O)c2Cl)CC1. The first-order valence-corrected chi connectivity index (χ1v) is 15.3. The molecule has 1 saturated heterocycles. The summed E-state index contributed by atoms with van der Waals surface area (Å²) in [5, 5.41) is 15.4. The Balaban J connectivity index is 1.06. The maximum Gasteiger partial charge on any atom is 0.326 e. The van der Waals surface area contributed by atoms with Crippen LogP contribution in [0.15, 0.2) is 18.3 Å². The van der Waals surface area contributed by atoms with Crippen LogP contribution in [0, 0.1) is 11.7 Å². The number of aliphatic carboxylic acids is 1. The van der Waals surface area contributed by atoms with E-state index in [1.165, 1.54) is 5.56 Å². The van der Waals surface area contributed by atoms with Crippen LogP contribution >= 0.6 is 11.6 Å². The third-order valence-corrected chi connectivity index (χ3v) is 8.97. The van der Waals surface area contributed by atoms with Gasteiger partial charge in [-0.05, 0) is 63.1 Å². The van der Waals surface area contributed by atoms with Crippen molar-refractivity contribution in [2.75, 3.05) is 51.7 Å². The second kappa shape index (κ2) is 14.1. The van der Waals surface area contributed by atoms with Crippen LogP contribution in [0.25, 0.3) is 0 Å². The lowest BCUT2D eigenvalue weighted by atomic mass is 9.79. The van der Waals surface area contributed by atoms with Gasteiger partial charge in [-0.3, -0.25) is 14.7 Å². The highest BCUT2D eigenvalue weighted by Gasteiger charge is 2.31. The molecule has 4 heterocycles. The van der Waals surface area contributed by atoms with E-state index in [1.54, 1.807) is 0 Å². The number of hydrogen-bond acceptors (Lipinski definition) is 8. The Kier molecular flexibility index (Phi) is 10.3. The topological polar surface area (TPSA) is 120 Å². The standard InChI is InChI=1S/C30H40ClFN6O4/c1-37-10-12-38(13-11-37)18-25-27(31)26(23(32)17-34-25)29(39)36-24(30(40)41)8-14-42-22-15-19(16-22)4-6-21-7-5-20-3-2-9-33-28(20)35-21/h5,7,17,19,22,24H,2-4,6,8-16,18H2,1H3,(H,33,35)(H,36,39)(H,40,41)/t19-,22-,24-/m0/s1. The Morgan fingerprint density at radius 1 is 1.26 bits per heavy atom. The molecule has 0 radical (unpaired) electrons. The Hall–Kier alpha value is -2.86. The van der Waals surface area contributed by atoms with Gasteiger partial charge in [0.25, 0.3) is 5.91 Å². The first-order valence-electron chi connectivity index (χ1n) is 14.9. The highest BCUT2D eigenvalue weighted by molar-refractivity contribution is 6.34. The Morgan fingerprint density at radius 3 is 2.81 bits per heavy atom. The molecule has 10 nitrogen and oxygen atoms in total. The molecule has 3 N–H and O–H groups in total. The number of anilines is 1. The van der Waals surface area contributed by atoms with Crippen LogP contribution in [0.5, 0.6) is 0 Å². The van der Waals surface area contributed by atoms with Crippen molar-refractivity contribution in [3.05, 3.63) is 51.7 Å². The van der Waals surface area contributed by atoms with Gasteiger partial charge in [0.2, 0.25) is 0 Å². The minimum absolute atomic E-state index is 0.0623. The van der Waals surface area contributed by atoms with Gasteiger partial charge in [-0.15, -0.1) is 0 Å². The summed E-state index contributed by atoms with van der Waals surface area (Å²) >= 11 is 6.42. The van der Waals surface area contributed by atoms with Crippen LogP contribution in [0.1, 0.15) is 59.4 Å². The number of carbonyl (C=O) groups is 2. The Morgan fingerprint density at radius 2 is 2.05 bits per heavy atom.